The quantitative estimate of drug-likeness (QED) is 0.531. The predicted molar refractivity (Wildman–Crippen MR) is 122 cm³/mol. The molecule has 0 saturated carbocycles. The first-order valence-corrected chi connectivity index (χ1v) is 10.8. The number of nitrogens with zero attached hydrogens (tertiary/aromatic N) is 2. The molecule has 35 heavy (non-hydrogen) atoms. The Balaban J connectivity index is 1.77. The number of anilines is 1. The van der Waals surface area contributed by atoms with E-state index in [1.807, 2.05) is 6.92 Å². The van der Waals surface area contributed by atoms with Crippen molar-refractivity contribution in [2.75, 3.05) is 18.5 Å². The van der Waals surface area contributed by atoms with Gasteiger partial charge in [-0.3, -0.25) is 9.78 Å². The molecule has 184 valence electrons. The molecule has 0 atom stereocenters. The van der Waals surface area contributed by atoms with Crippen LogP contribution in [0, 0.1) is 17.1 Å². The van der Waals surface area contributed by atoms with E-state index < -0.39 is 34.6 Å². The highest BCUT2D eigenvalue weighted by atomic mass is 19.4. The van der Waals surface area contributed by atoms with E-state index >= 15 is 0 Å². The number of nitriles is 1. The van der Waals surface area contributed by atoms with Crippen LogP contribution < -0.4 is 10.6 Å². The van der Waals surface area contributed by atoms with E-state index in [0.717, 1.165) is 17.8 Å². The molecule has 0 unspecified atom stereocenters. The van der Waals surface area contributed by atoms with Crippen LogP contribution in [0.4, 0.5) is 23.2 Å². The second-order valence-corrected chi connectivity index (χ2v) is 8.42. The lowest BCUT2D eigenvalue weighted by Gasteiger charge is -2.21. The Kier molecular flexibility index (Phi) is 7.48. The van der Waals surface area contributed by atoms with Gasteiger partial charge in [-0.05, 0) is 55.7 Å². The first kappa shape index (κ1) is 25.7. The molecule has 3 rings (SSSR count). The minimum absolute atomic E-state index is 0.0856. The molecule has 0 bridgehead atoms. The summed E-state index contributed by atoms with van der Waals surface area (Å²) in [6.07, 6.45) is -0.606. The number of benzene rings is 1. The lowest BCUT2D eigenvalue weighted by molar-refractivity contribution is -0.138. The van der Waals surface area contributed by atoms with Crippen molar-refractivity contribution >= 4 is 17.2 Å². The van der Waals surface area contributed by atoms with Crippen molar-refractivity contribution < 1.29 is 27.1 Å². The maximum absolute atomic E-state index is 14.7. The fourth-order valence-electron chi connectivity index (χ4n) is 3.53. The monoisotopic (exact) mass is 488 g/mol. The van der Waals surface area contributed by atoms with Crippen molar-refractivity contribution in [1.29, 1.82) is 5.26 Å². The Bertz CT molecular complexity index is 1230. The minimum Gasteiger partial charge on any atom is -0.492 e. The molecule has 0 saturated heterocycles. The number of ether oxygens (including phenoxy) is 1. The molecular formula is C25H24F4N4O2. The number of pyridine rings is 1. The van der Waals surface area contributed by atoms with Crippen molar-refractivity contribution in [1.82, 2.24) is 10.3 Å². The van der Waals surface area contributed by atoms with Crippen molar-refractivity contribution in [3.05, 3.63) is 76.7 Å². The SMILES string of the molecule is CCOC1=CNCC(c2ccc(CC(=O)Nc3cnc(C(C)(C)C#N)c(C(F)(F)F)c3)c(F)c2)=C1. The number of amides is 1. The minimum atomic E-state index is -4.78. The van der Waals surface area contributed by atoms with Crippen LogP contribution in [-0.4, -0.2) is 24.0 Å². The van der Waals surface area contributed by atoms with Crippen LogP contribution in [0.1, 0.15) is 43.2 Å². The van der Waals surface area contributed by atoms with Gasteiger partial charge in [0.05, 0.1) is 47.7 Å². The van der Waals surface area contributed by atoms with Gasteiger partial charge in [0, 0.05) is 12.7 Å². The number of halogens is 4. The fraction of sp³-hybridized carbons (Fsp3) is 0.320. The smallest absolute Gasteiger partial charge is 0.418 e. The summed E-state index contributed by atoms with van der Waals surface area (Å²) in [5.41, 5.74) is -1.75. The van der Waals surface area contributed by atoms with Gasteiger partial charge in [-0.1, -0.05) is 12.1 Å². The third kappa shape index (κ3) is 6.18. The maximum atomic E-state index is 14.7. The summed E-state index contributed by atoms with van der Waals surface area (Å²) in [4.78, 5) is 16.2. The standard InChI is InChI=1S/C25H24F4N4O2/c1-4-35-19-7-17(11-31-13-19)15-5-6-16(21(26)8-15)9-22(34)33-18-10-20(25(27,28)29)23(32-12-18)24(2,3)14-30/h5-8,10,12-13,31H,4,9,11H2,1-3H3,(H,33,34). The first-order chi connectivity index (χ1) is 16.4. The summed E-state index contributed by atoms with van der Waals surface area (Å²) in [7, 11) is 0. The Hall–Kier alpha value is -3.87. The summed E-state index contributed by atoms with van der Waals surface area (Å²) < 4.78 is 60.8. The third-order valence-electron chi connectivity index (χ3n) is 5.29. The molecular weight excluding hydrogens is 464 g/mol. The van der Waals surface area contributed by atoms with Crippen molar-refractivity contribution in [3.63, 3.8) is 0 Å². The van der Waals surface area contributed by atoms with Crippen LogP contribution in [0.25, 0.3) is 5.57 Å². The number of carbonyl (C=O) groups is 1. The molecule has 2 heterocycles. The normalized spacial score (nSPS) is 13.8. The molecule has 1 aliphatic rings. The van der Waals surface area contributed by atoms with Gasteiger partial charge >= 0.3 is 6.18 Å². The van der Waals surface area contributed by atoms with Gasteiger partial charge in [0.2, 0.25) is 5.91 Å². The number of rotatable bonds is 7. The topological polar surface area (TPSA) is 87.0 Å². The highest BCUT2D eigenvalue weighted by molar-refractivity contribution is 5.92. The summed E-state index contributed by atoms with van der Waals surface area (Å²) in [6, 6.07) is 6.95. The second-order valence-electron chi connectivity index (χ2n) is 8.42. The highest BCUT2D eigenvalue weighted by Gasteiger charge is 2.39. The summed E-state index contributed by atoms with van der Waals surface area (Å²) in [6.45, 7) is 5.46. The number of nitrogens with one attached hydrogen (secondary N) is 2. The zero-order chi connectivity index (χ0) is 25.8. The predicted octanol–water partition coefficient (Wildman–Crippen LogP) is 5.09. The molecule has 0 radical (unpaired) electrons. The van der Waals surface area contributed by atoms with Crippen LogP contribution in [0.5, 0.6) is 0 Å². The van der Waals surface area contributed by atoms with E-state index in [-0.39, 0.29) is 17.7 Å². The fourth-order valence-corrected chi connectivity index (χ4v) is 3.53. The van der Waals surface area contributed by atoms with Crippen LogP contribution in [0.2, 0.25) is 0 Å². The Morgan fingerprint density at radius 1 is 1.29 bits per heavy atom. The average molecular weight is 488 g/mol. The molecule has 1 amide bonds. The molecule has 0 fully saturated rings. The number of dihydropyridines is 1. The lowest BCUT2D eigenvalue weighted by atomic mass is 9.87. The number of hydrogen-bond donors (Lipinski definition) is 2. The van der Waals surface area contributed by atoms with Crippen molar-refractivity contribution in [2.24, 2.45) is 0 Å². The van der Waals surface area contributed by atoms with Gasteiger partial charge in [-0.15, -0.1) is 0 Å². The molecule has 1 aliphatic heterocycles. The summed E-state index contributed by atoms with van der Waals surface area (Å²) >= 11 is 0. The van der Waals surface area contributed by atoms with Gasteiger partial charge in [0.25, 0.3) is 0 Å². The van der Waals surface area contributed by atoms with Gasteiger partial charge in [-0.25, -0.2) is 4.39 Å². The molecule has 0 spiro atoms. The third-order valence-corrected chi connectivity index (χ3v) is 5.29. The molecule has 1 aromatic carbocycles. The lowest BCUT2D eigenvalue weighted by Crippen LogP contribution is -2.24. The average Bonchev–Trinajstić information content (AvgIpc) is 2.80. The van der Waals surface area contributed by atoms with E-state index in [1.54, 1.807) is 24.4 Å². The Labute approximate surface area is 200 Å². The van der Waals surface area contributed by atoms with E-state index in [4.69, 9.17) is 4.74 Å². The zero-order valence-corrected chi connectivity index (χ0v) is 19.4. The maximum Gasteiger partial charge on any atom is 0.418 e. The van der Waals surface area contributed by atoms with Crippen LogP contribution in [0.3, 0.4) is 0 Å². The molecule has 0 aliphatic carbocycles. The van der Waals surface area contributed by atoms with Gasteiger partial charge in [-0.2, -0.15) is 18.4 Å². The first-order valence-electron chi connectivity index (χ1n) is 10.8. The van der Waals surface area contributed by atoms with Gasteiger partial charge in [0.15, 0.2) is 0 Å². The number of alkyl halides is 3. The van der Waals surface area contributed by atoms with Crippen LogP contribution in [-0.2, 0) is 27.5 Å². The summed E-state index contributed by atoms with van der Waals surface area (Å²) in [5, 5.41) is 14.6. The van der Waals surface area contributed by atoms with Gasteiger partial charge < -0.3 is 15.4 Å². The second kappa shape index (κ2) is 10.2. The summed E-state index contributed by atoms with van der Waals surface area (Å²) in [5.74, 6) is -0.709. The number of carbonyl (C=O) groups excluding carboxylic acids is 1. The van der Waals surface area contributed by atoms with E-state index in [9.17, 15) is 27.6 Å². The number of hydrogen-bond acceptors (Lipinski definition) is 5. The zero-order valence-electron chi connectivity index (χ0n) is 19.4. The highest BCUT2D eigenvalue weighted by Crippen LogP contribution is 2.37. The largest absolute Gasteiger partial charge is 0.492 e. The van der Waals surface area contributed by atoms with E-state index in [0.29, 0.717) is 24.5 Å². The number of allylic oxidation sites excluding steroid dienone is 1. The molecule has 10 heteroatoms. The van der Waals surface area contributed by atoms with E-state index in [2.05, 4.69) is 15.6 Å². The molecule has 1 aromatic heterocycles. The molecule has 2 N–H and O–H groups in total. The number of aromatic nitrogens is 1. The van der Waals surface area contributed by atoms with Crippen LogP contribution >= 0.6 is 0 Å². The molecule has 2 aromatic rings. The van der Waals surface area contributed by atoms with Crippen molar-refractivity contribution in [3.8, 4) is 6.07 Å². The Morgan fingerprint density at radius 2 is 2.03 bits per heavy atom. The van der Waals surface area contributed by atoms with E-state index in [1.165, 1.54) is 26.0 Å². The molecule has 6 nitrogen and oxygen atoms in total. The van der Waals surface area contributed by atoms with Crippen LogP contribution in [0.15, 0.2) is 48.5 Å². The Morgan fingerprint density at radius 3 is 2.66 bits per heavy atom. The van der Waals surface area contributed by atoms with Gasteiger partial charge in [0.1, 0.15) is 11.6 Å². The van der Waals surface area contributed by atoms with Crippen molar-refractivity contribution in [2.45, 2.75) is 38.8 Å².